The summed E-state index contributed by atoms with van der Waals surface area (Å²) in [6.45, 7) is 5.91. The van der Waals surface area contributed by atoms with Gasteiger partial charge in [0.25, 0.3) is 0 Å². The van der Waals surface area contributed by atoms with E-state index in [4.69, 9.17) is 4.74 Å². The Bertz CT molecular complexity index is 448. The van der Waals surface area contributed by atoms with E-state index in [1.165, 1.54) is 0 Å². The first-order valence-electron chi connectivity index (χ1n) is 6.54. The van der Waals surface area contributed by atoms with Gasteiger partial charge in [0.15, 0.2) is 5.78 Å². The third-order valence-electron chi connectivity index (χ3n) is 3.93. The van der Waals surface area contributed by atoms with Crippen LogP contribution >= 0.6 is 0 Å². The molecule has 0 aromatic heterocycles. The fourth-order valence-corrected chi connectivity index (χ4v) is 2.59. The molecule has 0 atom stereocenters. The van der Waals surface area contributed by atoms with E-state index in [0.717, 1.165) is 48.4 Å². The zero-order valence-electron chi connectivity index (χ0n) is 11.4. The molecule has 1 heterocycles. The summed E-state index contributed by atoms with van der Waals surface area (Å²) in [5.74, 6) is 1.33. The van der Waals surface area contributed by atoms with Crippen LogP contribution in [0.15, 0.2) is 12.1 Å². The Kier molecular flexibility index (Phi) is 4.02. The van der Waals surface area contributed by atoms with Gasteiger partial charge in [0.1, 0.15) is 5.75 Å². The molecule has 1 aliphatic rings. The molecule has 1 aliphatic heterocycles. The highest BCUT2D eigenvalue weighted by molar-refractivity contribution is 5.99. The van der Waals surface area contributed by atoms with Crippen molar-refractivity contribution in [2.75, 3.05) is 20.2 Å². The molecule has 1 N–H and O–H groups in total. The van der Waals surface area contributed by atoms with Crippen LogP contribution in [0.25, 0.3) is 0 Å². The molecular weight excluding hydrogens is 226 g/mol. The zero-order chi connectivity index (χ0) is 13.1. The molecule has 1 fully saturated rings. The second-order valence-corrected chi connectivity index (χ2v) is 4.95. The number of ketones is 1. The van der Waals surface area contributed by atoms with Gasteiger partial charge in [-0.1, -0.05) is 0 Å². The molecule has 0 saturated carbocycles. The van der Waals surface area contributed by atoms with Gasteiger partial charge < -0.3 is 10.1 Å². The Morgan fingerprint density at radius 1 is 1.22 bits per heavy atom. The molecule has 1 saturated heterocycles. The summed E-state index contributed by atoms with van der Waals surface area (Å²) < 4.78 is 5.28. The molecule has 3 nitrogen and oxygen atoms in total. The van der Waals surface area contributed by atoms with E-state index in [-0.39, 0.29) is 5.92 Å². The van der Waals surface area contributed by atoms with Crippen molar-refractivity contribution >= 4 is 5.78 Å². The first kappa shape index (κ1) is 13.1. The molecule has 18 heavy (non-hydrogen) atoms. The van der Waals surface area contributed by atoms with Crippen LogP contribution in [-0.2, 0) is 0 Å². The Labute approximate surface area is 109 Å². The van der Waals surface area contributed by atoms with Crippen LogP contribution in [0.4, 0.5) is 0 Å². The minimum Gasteiger partial charge on any atom is -0.496 e. The lowest BCUT2D eigenvalue weighted by Gasteiger charge is -2.22. The largest absolute Gasteiger partial charge is 0.496 e. The number of Topliss-reactive ketones (excluding diaryl/α,β-unsaturated/α-hetero) is 1. The summed E-state index contributed by atoms with van der Waals surface area (Å²) >= 11 is 0. The van der Waals surface area contributed by atoms with Crippen LogP contribution < -0.4 is 10.1 Å². The maximum Gasteiger partial charge on any atom is 0.166 e. The van der Waals surface area contributed by atoms with Gasteiger partial charge in [0, 0.05) is 11.5 Å². The van der Waals surface area contributed by atoms with Gasteiger partial charge in [-0.2, -0.15) is 0 Å². The quantitative estimate of drug-likeness (QED) is 0.834. The lowest BCUT2D eigenvalue weighted by molar-refractivity contribution is 0.0894. The molecule has 98 valence electrons. The third kappa shape index (κ3) is 2.41. The van der Waals surface area contributed by atoms with E-state index in [2.05, 4.69) is 5.32 Å². The van der Waals surface area contributed by atoms with Crippen LogP contribution in [0.5, 0.6) is 5.75 Å². The summed E-state index contributed by atoms with van der Waals surface area (Å²) in [6, 6.07) is 3.81. The predicted octanol–water partition coefficient (Wildman–Crippen LogP) is 2.49. The Balaban J connectivity index is 2.27. The van der Waals surface area contributed by atoms with Gasteiger partial charge in [-0.25, -0.2) is 0 Å². The Morgan fingerprint density at radius 2 is 1.89 bits per heavy atom. The van der Waals surface area contributed by atoms with E-state index in [1.54, 1.807) is 7.11 Å². The van der Waals surface area contributed by atoms with E-state index >= 15 is 0 Å². The number of benzene rings is 1. The molecule has 0 spiro atoms. The smallest absolute Gasteiger partial charge is 0.166 e. The number of nitrogens with one attached hydrogen (secondary N) is 1. The number of ether oxygens (including phenoxy) is 1. The van der Waals surface area contributed by atoms with Crippen LogP contribution in [0.3, 0.4) is 0 Å². The van der Waals surface area contributed by atoms with Gasteiger partial charge >= 0.3 is 0 Å². The van der Waals surface area contributed by atoms with Crippen molar-refractivity contribution in [2.45, 2.75) is 26.7 Å². The summed E-state index contributed by atoms with van der Waals surface area (Å²) in [6.07, 6.45) is 1.90. The average molecular weight is 247 g/mol. The maximum absolute atomic E-state index is 12.5. The standard InChI is InChI=1S/C15H21NO2/c1-10-11(2)14(18-3)5-4-13(10)15(17)12-6-8-16-9-7-12/h4-5,12,16H,6-9H2,1-3H3. The highest BCUT2D eigenvalue weighted by Crippen LogP contribution is 2.27. The number of rotatable bonds is 3. The molecule has 1 aromatic carbocycles. The SMILES string of the molecule is COc1ccc(C(=O)C2CCNCC2)c(C)c1C. The average Bonchev–Trinajstić information content (AvgIpc) is 2.42. The summed E-state index contributed by atoms with van der Waals surface area (Å²) in [4.78, 5) is 12.5. The van der Waals surface area contributed by atoms with Crippen molar-refractivity contribution in [3.05, 3.63) is 28.8 Å². The Morgan fingerprint density at radius 3 is 2.50 bits per heavy atom. The normalized spacial score (nSPS) is 16.6. The number of carbonyl (C=O) groups excluding carboxylic acids is 1. The number of piperidine rings is 1. The lowest BCUT2D eigenvalue weighted by atomic mass is 9.87. The van der Waals surface area contributed by atoms with Crippen LogP contribution in [0.1, 0.15) is 34.3 Å². The van der Waals surface area contributed by atoms with E-state index in [0.29, 0.717) is 5.78 Å². The van der Waals surface area contributed by atoms with Crippen molar-refractivity contribution < 1.29 is 9.53 Å². The van der Waals surface area contributed by atoms with Crippen LogP contribution in [-0.4, -0.2) is 26.0 Å². The van der Waals surface area contributed by atoms with Crippen LogP contribution in [0, 0.1) is 19.8 Å². The first-order valence-corrected chi connectivity index (χ1v) is 6.54. The number of methoxy groups -OCH3 is 1. The molecule has 2 rings (SSSR count). The van der Waals surface area contributed by atoms with Crippen molar-refractivity contribution in [3.63, 3.8) is 0 Å². The maximum atomic E-state index is 12.5. The van der Waals surface area contributed by atoms with E-state index < -0.39 is 0 Å². The van der Waals surface area contributed by atoms with E-state index in [1.807, 2.05) is 26.0 Å². The highest BCUT2D eigenvalue weighted by Gasteiger charge is 2.24. The van der Waals surface area contributed by atoms with Gasteiger partial charge in [0.2, 0.25) is 0 Å². The minimum absolute atomic E-state index is 0.178. The summed E-state index contributed by atoms with van der Waals surface area (Å²) in [5.41, 5.74) is 2.98. The molecular formula is C15H21NO2. The molecule has 0 aliphatic carbocycles. The topological polar surface area (TPSA) is 38.3 Å². The van der Waals surface area contributed by atoms with Gasteiger partial charge in [-0.15, -0.1) is 0 Å². The number of carbonyl (C=O) groups is 1. The number of hydrogen-bond acceptors (Lipinski definition) is 3. The van der Waals surface area contributed by atoms with Crippen molar-refractivity contribution in [1.82, 2.24) is 5.32 Å². The third-order valence-corrected chi connectivity index (χ3v) is 3.93. The highest BCUT2D eigenvalue weighted by atomic mass is 16.5. The molecule has 0 bridgehead atoms. The zero-order valence-corrected chi connectivity index (χ0v) is 11.4. The van der Waals surface area contributed by atoms with Crippen molar-refractivity contribution in [3.8, 4) is 5.75 Å². The van der Waals surface area contributed by atoms with Crippen molar-refractivity contribution in [1.29, 1.82) is 0 Å². The minimum atomic E-state index is 0.178. The van der Waals surface area contributed by atoms with E-state index in [9.17, 15) is 4.79 Å². The molecule has 3 heteroatoms. The summed E-state index contributed by atoms with van der Waals surface area (Å²) in [5, 5.41) is 3.29. The van der Waals surface area contributed by atoms with Crippen molar-refractivity contribution in [2.24, 2.45) is 5.92 Å². The van der Waals surface area contributed by atoms with Gasteiger partial charge in [-0.3, -0.25) is 4.79 Å². The van der Waals surface area contributed by atoms with Gasteiger partial charge in [0.05, 0.1) is 7.11 Å². The second-order valence-electron chi connectivity index (χ2n) is 4.95. The number of hydrogen-bond donors (Lipinski definition) is 1. The molecule has 0 unspecified atom stereocenters. The molecule has 1 aromatic rings. The predicted molar refractivity (Wildman–Crippen MR) is 72.4 cm³/mol. The fraction of sp³-hybridized carbons (Fsp3) is 0.533. The van der Waals surface area contributed by atoms with Crippen LogP contribution in [0.2, 0.25) is 0 Å². The molecule has 0 radical (unpaired) electrons. The van der Waals surface area contributed by atoms with Gasteiger partial charge in [-0.05, 0) is 63.0 Å². The lowest BCUT2D eigenvalue weighted by Crippen LogP contribution is -2.32. The Hall–Kier alpha value is -1.35. The second kappa shape index (κ2) is 5.53. The fourth-order valence-electron chi connectivity index (χ4n) is 2.59. The monoisotopic (exact) mass is 247 g/mol. The first-order chi connectivity index (χ1) is 8.65. The molecule has 0 amide bonds. The summed E-state index contributed by atoms with van der Waals surface area (Å²) in [7, 11) is 1.66.